The lowest BCUT2D eigenvalue weighted by atomic mass is 10.2. The van der Waals surface area contributed by atoms with Crippen LogP contribution >= 0.6 is 0 Å². The van der Waals surface area contributed by atoms with E-state index in [-0.39, 0.29) is 11.8 Å². The standard InChI is InChI=1S/C14H17FN2O/c15-12-7-5-11(6-8-12)9-10-16-14(18)17-13-3-1-2-4-13/h5-10,13H,1-4H2,(H2,16,17,18)/b10-9+. The van der Waals surface area contributed by atoms with Crippen molar-refractivity contribution in [1.29, 1.82) is 0 Å². The number of hydrogen-bond acceptors (Lipinski definition) is 1. The predicted octanol–water partition coefficient (Wildman–Crippen LogP) is 3.04. The van der Waals surface area contributed by atoms with Gasteiger partial charge in [0.25, 0.3) is 0 Å². The van der Waals surface area contributed by atoms with E-state index in [1.54, 1.807) is 24.4 Å². The van der Waals surface area contributed by atoms with Crippen LogP contribution in [-0.2, 0) is 0 Å². The summed E-state index contributed by atoms with van der Waals surface area (Å²) < 4.78 is 12.7. The molecule has 0 bridgehead atoms. The van der Waals surface area contributed by atoms with Gasteiger partial charge in [0.2, 0.25) is 0 Å². The zero-order valence-electron chi connectivity index (χ0n) is 10.2. The molecule has 1 aliphatic rings. The van der Waals surface area contributed by atoms with Crippen molar-refractivity contribution >= 4 is 12.1 Å². The molecule has 0 atom stereocenters. The van der Waals surface area contributed by atoms with Gasteiger partial charge in [0.15, 0.2) is 0 Å². The summed E-state index contributed by atoms with van der Waals surface area (Å²) in [6.07, 6.45) is 7.81. The highest BCUT2D eigenvalue weighted by atomic mass is 19.1. The topological polar surface area (TPSA) is 41.1 Å². The van der Waals surface area contributed by atoms with Crippen molar-refractivity contribution in [2.45, 2.75) is 31.7 Å². The van der Waals surface area contributed by atoms with E-state index in [2.05, 4.69) is 10.6 Å². The Morgan fingerprint density at radius 1 is 1.22 bits per heavy atom. The van der Waals surface area contributed by atoms with Gasteiger partial charge in [-0.2, -0.15) is 0 Å². The van der Waals surface area contributed by atoms with Gasteiger partial charge in [-0.15, -0.1) is 0 Å². The van der Waals surface area contributed by atoms with Crippen LogP contribution in [-0.4, -0.2) is 12.1 Å². The average Bonchev–Trinajstić information content (AvgIpc) is 2.84. The summed E-state index contributed by atoms with van der Waals surface area (Å²) in [6.45, 7) is 0. The molecule has 3 nitrogen and oxygen atoms in total. The Kier molecular flexibility index (Phi) is 4.34. The van der Waals surface area contributed by atoms with Crippen LogP contribution in [0.3, 0.4) is 0 Å². The minimum Gasteiger partial charge on any atom is -0.335 e. The third-order valence-electron chi connectivity index (χ3n) is 3.05. The quantitative estimate of drug-likeness (QED) is 0.848. The number of rotatable bonds is 3. The van der Waals surface area contributed by atoms with Crippen LogP contribution in [0.5, 0.6) is 0 Å². The van der Waals surface area contributed by atoms with E-state index in [1.165, 1.54) is 25.0 Å². The monoisotopic (exact) mass is 248 g/mol. The fourth-order valence-corrected chi connectivity index (χ4v) is 2.08. The minimum absolute atomic E-state index is 0.180. The second kappa shape index (κ2) is 6.19. The first kappa shape index (κ1) is 12.6. The SMILES string of the molecule is O=C(N/C=C/c1ccc(F)cc1)NC1CCCC1. The Hall–Kier alpha value is -1.84. The van der Waals surface area contributed by atoms with Gasteiger partial charge in [-0.3, -0.25) is 0 Å². The molecule has 18 heavy (non-hydrogen) atoms. The molecule has 0 heterocycles. The van der Waals surface area contributed by atoms with Crippen molar-refractivity contribution in [2.24, 2.45) is 0 Å². The van der Waals surface area contributed by atoms with Gasteiger partial charge in [0, 0.05) is 12.2 Å². The van der Waals surface area contributed by atoms with Crippen molar-refractivity contribution in [3.8, 4) is 0 Å². The number of nitrogens with one attached hydrogen (secondary N) is 2. The molecule has 1 aliphatic carbocycles. The maximum Gasteiger partial charge on any atom is 0.318 e. The van der Waals surface area contributed by atoms with Crippen molar-refractivity contribution in [3.63, 3.8) is 0 Å². The number of benzene rings is 1. The average molecular weight is 248 g/mol. The minimum atomic E-state index is -0.265. The van der Waals surface area contributed by atoms with Crippen molar-refractivity contribution in [3.05, 3.63) is 41.8 Å². The molecule has 0 aliphatic heterocycles. The zero-order valence-corrected chi connectivity index (χ0v) is 10.2. The van der Waals surface area contributed by atoms with Gasteiger partial charge < -0.3 is 10.6 Å². The molecule has 96 valence electrons. The van der Waals surface area contributed by atoms with E-state index in [0.717, 1.165) is 18.4 Å². The smallest absolute Gasteiger partial charge is 0.318 e. The molecule has 1 aromatic rings. The summed E-state index contributed by atoms with van der Waals surface area (Å²) in [7, 11) is 0. The number of urea groups is 1. The highest BCUT2D eigenvalue weighted by molar-refractivity contribution is 5.76. The Bertz CT molecular complexity index is 422. The number of amides is 2. The molecule has 2 N–H and O–H groups in total. The molecule has 0 saturated heterocycles. The van der Waals surface area contributed by atoms with E-state index in [0.29, 0.717) is 6.04 Å². The lowest BCUT2D eigenvalue weighted by molar-refractivity contribution is 0.240. The van der Waals surface area contributed by atoms with E-state index in [4.69, 9.17) is 0 Å². The first-order valence-corrected chi connectivity index (χ1v) is 6.23. The van der Waals surface area contributed by atoms with E-state index >= 15 is 0 Å². The van der Waals surface area contributed by atoms with Crippen molar-refractivity contribution < 1.29 is 9.18 Å². The molecule has 4 heteroatoms. The molecule has 0 radical (unpaired) electrons. The summed E-state index contributed by atoms with van der Waals surface area (Å²) in [4.78, 5) is 11.5. The molecular weight excluding hydrogens is 231 g/mol. The van der Waals surface area contributed by atoms with Crippen LogP contribution in [0.1, 0.15) is 31.2 Å². The first-order valence-electron chi connectivity index (χ1n) is 6.23. The maximum atomic E-state index is 12.7. The highest BCUT2D eigenvalue weighted by Crippen LogP contribution is 2.17. The van der Waals surface area contributed by atoms with Crippen LogP contribution in [0.2, 0.25) is 0 Å². The summed E-state index contributed by atoms with van der Waals surface area (Å²) >= 11 is 0. The second-order valence-corrected chi connectivity index (χ2v) is 4.48. The lowest BCUT2D eigenvalue weighted by Gasteiger charge is -2.10. The Labute approximate surface area is 106 Å². The van der Waals surface area contributed by atoms with Crippen LogP contribution in [0.4, 0.5) is 9.18 Å². The predicted molar refractivity (Wildman–Crippen MR) is 69.4 cm³/mol. The van der Waals surface area contributed by atoms with Crippen LogP contribution in [0, 0.1) is 5.82 Å². The van der Waals surface area contributed by atoms with E-state index in [1.807, 2.05) is 0 Å². The largest absolute Gasteiger partial charge is 0.335 e. The molecular formula is C14H17FN2O. The normalized spacial score (nSPS) is 16.1. The Balaban J connectivity index is 1.76. The molecule has 0 aromatic heterocycles. The summed E-state index contributed by atoms with van der Waals surface area (Å²) in [5, 5.41) is 5.56. The third kappa shape index (κ3) is 3.87. The van der Waals surface area contributed by atoms with Crippen molar-refractivity contribution in [1.82, 2.24) is 10.6 Å². The van der Waals surface area contributed by atoms with Crippen LogP contribution < -0.4 is 10.6 Å². The molecule has 1 fully saturated rings. The van der Waals surface area contributed by atoms with Gasteiger partial charge in [-0.25, -0.2) is 9.18 Å². The molecule has 1 aromatic carbocycles. The van der Waals surface area contributed by atoms with Gasteiger partial charge in [0.1, 0.15) is 5.82 Å². The summed E-state index contributed by atoms with van der Waals surface area (Å²) in [5.41, 5.74) is 0.845. The zero-order chi connectivity index (χ0) is 12.8. The first-order chi connectivity index (χ1) is 8.74. The van der Waals surface area contributed by atoms with Crippen LogP contribution in [0.25, 0.3) is 6.08 Å². The number of carbonyl (C=O) groups excluding carboxylic acids is 1. The number of hydrogen-bond donors (Lipinski definition) is 2. The van der Waals surface area contributed by atoms with Gasteiger partial charge >= 0.3 is 6.03 Å². The van der Waals surface area contributed by atoms with Crippen molar-refractivity contribution in [2.75, 3.05) is 0 Å². The van der Waals surface area contributed by atoms with Gasteiger partial charge in [-0.05, 0) is 36.6 Å². The Morgan fingerprint density at radius 3 is 2.56 bits per heavy atom. The van der Waals surface area contributed by atoms with E-state index < -0.39 is 0 Å². The maximum absolute atomic E-state index is 12.7. The summed E-state index contributed by atoms with van der Waals surface area (Å²) in [6, 6.07) is 6.21. The molecule has 0 spiro atoms. The fourth-order valence-electron chi connectivity index (χ4n) is 2.08. The van der Waals surface area contributed by atoms with E-state index in [9.17, 15) is 9.18 Å². The highest BCUT2D eigenvalue weighted by Gasteiger charge is 2.16. The third-order valence-corrected chi connectivity index (χ3v) is 3.05. The second-order valence-electron chi connectivity index (χ2n) is 4.48. The fraction of sp³-hybridized carbons (Fsp3) is 0.357. The number of carbonyl (C=O) groups is 1. The summed E-state index contributed by atoms with van der Waals surface area (Å²) in [5.74, 6) is -0.265. The molecule has 1 saturated carbocycles. The van der Waals surface area contributed by atoms with Gasteiger partial charge in [0.05, 0.1) is 0 Å². The lowest BCUT2D eigenvalue weighted by Crippen LogP contribution is -2.38. The molecule has 2 rings (SSSR count). The van der Waals surface area contributed by atoms with Crippen LogP contribution in [0.15, 0.2) is 30.5 Å². The van der Waals surface area contributed by atoms with Gasteiger partial charge in [-0.1, -0.05) is 25.0 Å². The molecule has 2 amide bonds. The Morgan fingerprint density at radius 2 is 1.89 bits per heavy atom. The number of halogens is 1. The molecule has 0 unspecified atom stereocenters.